The van der Waals surface area contributed by atoms with E-state index in [1.54, 1.807) is 36.4 Å². The molecule has 3 aromatic heterocycles. The SMILES string of the molecule is O=c1[nH]c(-c2ccc(Cl)s2)c(-c2c(O)c3ccccc3oc2=O)[nH]1. The maximum absolute atomic E-state index is 12.4. The highest BCUT2D eigenvalue weighted by molar-refractivity contribution is 7.19. The average molecular weight is 361 g/mol. The lowest BCUT2D eigenvalue weighted by molar-refractivity contribution is 0.471. The third-order valence-electron chi connectivity index (χ3n) is 3.58. The minimum atomic E-state index is -0.745. The third kappa shape index (κ3) is 2.26. The monoisotopic (exact) mass is 360 g/mol. The number of thiophene rings is 1. The van der Waals surface area contributed by atoms with E-state index in [0.29, 0.717) is 20.3 Å². The van der Waals surface area contributed by atoms with Gasteiger partial charge in [0.1, 0.15) is 16.9 Å². The molecule has 3 heterocycles. The summed E-state index contributed by atoms with van der Waals surface area (Å²) in [7, 11) is 0. The summed E-state index contributed by atoms with van der Waals surface area (Å²) in [6.45, 7) is 0. The third-order valence-corrected chi connectivity index (χ3v) is 4.83. The van der Waals surface area contributed by atoms with Gasteiger partial charge in [-0.3, -0.25) is 0 Å². The number of imidazole rings is 1. The van der Waals surface area contributed by atoms with Crippen LogP contribution in [-0.4, -0.2) is 15.1 Å². The molecule has 4 rings (SSSR count). The number of H-pyrrole nitrogens is 2. The van der Waals surface area contributed by atoms with Crippen LogP contribution in [0.4, 0.5) is 0 Å². The lowest BCUT2D eigenvalue weighted by Gasteiger charge is -2.06. The van der Waals surface area contributed by atoms with Crippen LogP contribution in [0.25, 0.3) is 32.8 Å². The predicted molar refractivity (Wildman–Crippen MR) is 92.9 cm³/mol. The van der Waals surface area contributed by atoms with Gasteiger partial charge in [0.25, 0.3) is 0 Å². The topological polar surface area (TPSA) is 99.1 Å². The molecule has 6 nitrogen and oxygen atoms in total. The summed E-state index contributed by atoms with van der Waals surface area (Å²) in [6, 6.07) is 10.0. The first-order valence-corrected chi connectivity index (χ1v) is 8.07. The fraction of sp³-hybridized carbons (Fsp3) is 0. The molecular formula is C16H9ClN2O4S. The summed E-state index contributed by atoms with van der Waals surface area (Å²) in [5.74, 6) is -0.249. The van der Waals surface area contributed by atoms with Crippen molar-refractivity contribution in [3.05, 3.63) is 61.6 Å². The molecule has 0 spiro atoms. The Labute approximate surface area is 143 Å². The van der Waals surface area contributed by atoms with Crippen molar-refractivity contribution in [1.29, 1.82) is 0 Å². The molecule has 0 aliphatic carbocycles. The zero-order valence-corrected chi connectivity index (χ0v) is 13.5. The number of fused-ring (bicyclic) bond motifs is 1. The van der Waals surface area contributed by atoms with Gasteiger partial charge in [-0.25, -0.2) is 9.59 Å². The van der Waals surface area contributed by atoms with Crippen LogP contribution in [0.2, 0.25) is 4.34 Å². The maximum Gasteiger partial charge on any atom is 0.349 e. The standard InChI is InChI=1S/C16H9ClN2O4S/c17-10-6-5-9(24-10)12-13(19-16(22)18-12)11-14(20)7-3-1-2-4-8(7)23-15(11)21/h1-6,20H,(H2,18,19,22). The largest absolute Gasteiger partial charge is 0.506 e. The zero-order valence-electron chi connectivity index (χ0n) is 11.9. The lowest BCUT2D eigenvalue weighted by Crippen LogP contribution is -2.06. The van der Waals surface area contributed by atoms with Crippen molar-refractivity contribution in [3.63, 3.8) is 0 Å². The Hall–Kier alpha value is -2.77. The number of hydrogen-bond donors (Lipinski definition) is 3. The highest BCUT2D eigenvalue weighted by Gasteiger charge is 2.22. The quantitative estimate of drug-likeness (QED) is 0.476. The number of para-hydroxylation sites is 1. The summed E-state index contributed by atoms with van der Waals surface area (Å²) in [4.78, 5) is 30.0. The molecule has 0 amide bonds. The van der Waals surface area contributed by atoms with Crippen molar-refractivity contribution in [2.24, 2.45) is 0 Å². The average Bonchev–Trinajstić information content (AvgIpc) is 3.13. The van der Waals surface area contributed by atoms with Crippen LogP contribution in [0.15, 0.2) is 50.4 Å². The van der Waals surface area contributed by atoms with Crippen LogP contribution in [0.5, 0.6) is 5.75 Å². The maximum atomic E-state index is 12.4. The van der Waals surface area contributed by atoms with Gasteiger partial charge in [0.2, 0.25) is 0 Å². The second-order valence-corrected chi connectivity index (χ2v) is 6.76. The summed E-state index contributed by atoms with van der Waals surface area (Å²) in [5.41, 5.74) is -0.555. The molecule has 4 aromatic rings. The van der Waals surface area contributed by atoms with Gasteiger partial charge in [-0.05, 0) is 24.3 Å². The van der Waals surface area contributed by atoms with E-state index < -0.39 is 11.3 Å². The highest BCUT2D eigenvalue weighted by Crippen LogP contribution is 2.38. The number of halogens is 1. The van der Waals surface area contributed by atoms with Crippen molar-refractivity contribution >= 4 is 33.9 Å². The van der Waals surface area contributed by atoms with Gasteiger partial charge >= 0.3 is 11.3 Å². The molecule has 3 N–H and O–H groups in total. The molecule has 0 bridgehead atoms. The first-order valence-electron chi connectivity index (χ1n) is 6.88. The molecule has 0 aliphatic heterocycles. The molecular weight excluding hydrogens is 352 g/mol. The smallest absolute Gasteiger partial charge is 0.349 e. The number of aromatic nitrogens is 2. The second kappa shape index (κ2) is 5.40. The Morgan fingerprint density at radius 3 is 2.54 bits per heavy atom. The Kier molecular flexibility index (Phi) is 3.33. The van der Waals surface area contributed by atoms with E-state index in [2.05, 4.69) is 9.97 Å². The molecule has 8 heteroatoms. The van der Waals surface area contributed by atoms with Crippen LogP contribution in [0, 0.1) is 0 Å². The van der Waals surface area contributed by atoms with Gasteiger partial charge < -0.3 is 19.5 Å². The van der Waals surface area contributed by atoms with E-state index in [1.807, 2.05) is 0 Å². The van der Waals surface area contributed by atoms with Crippen LogP contribution in [0.1, 0.15) is 0 Å². The normalized spacial score (nSPS) is 11.2. The number of aromatic amines is 2. The van der Waals surface area contributed by atoms with E-state index in [1.165, 1.54) is 11.3 Å². The Morgan fingerprint density at radius 1 is 1.04 bits per heavy atom. The van der Waals surface area contributed by atoms with Crippen molar-refractivity contribution in [1.82, 2.24) is 9.97 Å². The van der Waals surface area contributed by atoms with E-state index in [4.69, 9.17) is 16.0 Å². The first kappa shape index (κ1) is 14.8. The van der Waals surface area contributed by atoms with E-state index in [0.717, 1.165) is 0 Å². The molecule has 0 unspecified atom stereocenters. The van der Waals surface area contributed by atoms with Crippen molar-refractivity contribution in [3.8, 4) is 27.6 Å². The Balaban J connectivity index is 2.06. The molecule has 0 atom stereocenters. The fourth-order valence-corrected chi connectivity index (χ4v) is 3.61. The van der Waals surface area contributed by atoms with E-state index in [9.17, 15) is 14.7 Å². The van der Waals surface area contributed by atoms with E-state index in [-0.39, 0.29) is 22.6 Å². The summed E-state index contributed by atoms with van der Waals surface area (Å²) < 4.78 is 5.79. The molecule has 0 radical (unpaired) electrons. The van der Waals surface area contributed by atoms with Crippen LogP contribution in [0.3, 0.4) is 0 Å². The first-order chi connectivity index (χ1) is 11.5. The molecule has 0 fully saturated rings. The van der Waals surface area contributed by atoms with Crippen LogP contribution in [-0.2, 0) is 0 Å². The molecule has 0 saturated carbocycles. The van der Waals surface area contributed by atoms with Crippen molar-refractivity contribution in [2.75, 3.05) is 0 Å². The van der Waals surface area contributed by atoms with Gasteiger partial charge in [-0.15, -0.1) is 11.3 Å². The van der Waals surface area contributed by atoms with Crippen LogP contribution >= 0.6 is 22.9 Å². The van der Waals surface area contributed by atoms with Crippen molar-refractivity contribution in [2.45, 2.75) is 0 Å². The molecule has 0 aliphatic rings. The lowest BCUT2D eigenvalue weighted by atomic mass is 10.1. The number of benzene rings is 1. The fourth-order valence-electron chi connectivity index (χ4n) is 2.56. The van der Waals surface area contributed by atoms with Gasteiger partial charge in [-0.1, -0.05) is 23.7 Å². The van der Waals surface area contributed by atoms with Gasteiger partial charge in [0, 0.05) is 0 Å². The molecule has 0 saturated heterocycles. The van der Waals surface area contributed by atoms with E-state index >= 15 is 0 Å². The minimum Gasteiger partial charge on any atom is -0.506 e. The highest BCUT2D eigenvalue weighted by atomic mass is 35.5. The van der Waals surface area contributed by atoms with Gasteiger partial charge in [0.15, 0.2) is 0 Å². The molecule has 1 aromatic carbocycles. The Bertz CT molecular complexity index is 1180. The number of rotatable bonds is 2. The summed E-state index contributed by atoms with van der Waals surface area (Å²) >= 11 is 7.18. The summed E-state index contributed by atoms with van der Waals surface area (Å²) in [5, 5.41) is 10.9. The zero-order chi connectivity index (χ0) is 16.8. The number of nitrogens with one attached hydrogen (secondary N) is 2. The van der Waals surface area contributed by atoms with Crippen LogP contribution < -0.4 is 11.3 Å². The number of hydrogen-bond acceptors (Lipinski definition) is 5. The predicted octanol–water partition coefficient (Wildman–Crippen LogP) is 3.56. The number of aromatic hydroxyl groups is 1. The minimum absolute atomic E-state index is 0.105. The van der Waals surface area contributed by atoms with Crippen molar-refractivity contribution < 1.29 is 9.52 Å². The molecule has 24 heavy (non-hydrogen) atoms. The Morgan fingerprint density at radius 2 is 1.79 bits per heavy atom. The second-order valence-electron chi connectivity index (χ2n) is 5.04. The molecule has 120 valence electrons. The van der Waals surface area contributed by atoms with Gasteiger partial charge in [-0.2, -0.15) is 0 Å². The van der Waals surface area contributed by atoms with Gasteiger partial charge in [0.05, 0.1) is 26.0 Å². The summed E-state index contributed by atoms with van der Waals surface area (Å²) in [6.07, 6.45) is 0.